The zero-order chi connectivity index (χ0) is 12.3. The molecule has 0 amide bonds. The summed E-state index contributed by atoms with van der Waals surface area (Å²) < 4.78 is 5.48. The van der Waals surface area contributed by atoms with Crippen LogP contribution in [-0.2, 0) is 4.74 Å². The second kappa shape index (κ2) is 5.56. The molecule has 0 spiro atoms. The Morgan fingerprint density at radius 2 is 2.35 bits per heavy atom. The molecule has 1 aliphatic heterocycles. The van der Waals surface area contributed by atoms with Crippen molar-refractivity contribution in [3.63, 3.8) is 0 Å². The lowest BCUT2D eigenvalue weighted by Gasteiger charge is -2.22. The van der Waals surface area contributed by atoms with Crippen LogP contribution in [-0.4, -0.2) is 30.2 Å². The molecule has 2 rings (SSSR count). The van der Waals surface area contributed by atoms with Gasteiger partial charge in [0, 0.05) is 36.0 Å². The van der Waals surface area contributed by atoms with Crippen LogP contribution in [0.1, 0.15) is 48.8 Å². The Morgan fingerprint density at radius 3 is 2.94 bits per heavy atom. The van der Waals surface area contributed by atoms with Gasteiger partial charge in [-0.25, -0.2) is 9.97 Å². The minimum atomic E-state index is 0.298. The topological polar surface area (TPSA) is 47.0 Å². The van der Waals surface area contributed by atoms with Crippen LogP contribution < -0.4 is 5.32 Å². The van der Waals surface area contributed by atoms with Crippen molar-refractivity contribution in [3.05, 3.63) is 23.3 Å². The van der Waals surface area contributed by atoms with E-state index in [2.05, 4.69) is 29.1 Å². The van der Waals surface area contributed by atoms with E-state index in [4.69, 9.17) is 4.74 Å². The summed E-state index contributed by atoms with van der Waals surface area (Å²) in [6, 6.07) is 0.298. The van der Waals surface area contributed by atoms with E-state index in [-0.39, 0.29) is 0 Å². The smallest absolute Gasteiger partial charge is 0.133 e. The third-order valence-corrected chi connectivity index (χ3v) is 3.46. The van der Waals surface area contributed by atoms with Crippen LogP contribution in [0, 0.1) is 6.92 Å². The molecule has 1 fully saturated rings. The van der Waals surface area contributed by atoms with Crippen LogP contribution >= 0.6 is 0 Å². The molecular formula is C13H21N3O. The molecule has 94 valence electrons. The van der Waals surface area contributed by atoms with E-state index in [1.165, 1.54) is 5.56 Å². The van der Waals surface area contributed by atoms with Crippen LogP contribution in [0.3, 0.4) is 0 Å². The summed E-state index contributed by atoms with van der Waals surface area (Å²) in [5, 5.41) is 3.22. The first kappa shape index (κ1) is 12.5. The highest BCUT2D eigenvalue weighted by molar-refractivity contribution is 5.20. The van der Waals surface area contributed by atoms with Crippen LogP contribution in [0.2, 0.25) is 0 Å². The molecule has 4 heteroatoms. The van der Waals surface area contributed by atoms with Crippen molar-refractivity contribution in [2.45, 2.75) is 38.6 Å². The monoisotopic (exact) mass is 235 g/mol. The predicted molar refractivity (Wildman–Crippen MR) is 67.0 cm³/mol. The average molecular weight is 235 g/mol. The maximum absolute atomic E-state index is 5.48. The number of ether oxygens (including phenoxy) is 1. The molecular weight excluding hydrogens is 214 g/mol. The fourth-order valence-electron chi connectivity index (χ4n) is 2.22. The van der Waals surface area contributed by atoms with Crippen LogP contribution in [0.4, 0.5) is 0 Å². The van der Waals surface area contributed by atoms with Gasteiger partial charge in [0.1, 0.15) is 5.82 Å². The van der Waals surface area contributed by atoms with Gasteiger partial charge in [-0.15, -0.1) is 0 Å². The molecule has 17 heavy (non-hydrogen) atoms. The Morgan fingerprint density at radius 1 is 1.53 bits per heavy atom. The van der Waals surface area contributed by atoms with Crippen molar-refractivity contribution in [2.24, 2.45) is 0 Å². The third kappa shape index (κ3) is 2.82. The summed E-state index contributed by atoms with van der Waals surface area (Å²) in [4.78, 5) is 9.14. The molecule has 2 heterocycles. The molecule has 0 radical (unpaired) electrons. The third-order valence-electron chi connectivity index (χ3n) is 3.46. The fourth-order valence-corrected chi connectivity index (χ4v) is 2.22. The van der Waals surface area contributed by atoms with E-state index in [0.717, 1.165) is 37.6 Å². The Labute approximate surface area is 103 Å². The van der Waals surface area contributed by atoms with Gasteiger partial charge in [0.2, 0.25) is 0 Å². The first-order valence-corrected chi connectivity index (χ1v) is 6.30. The molecule has 1 aromatic heterocycles. The van der Waals surface area contributed by atoms with Crippen molar-refractivity contribution in [1.82, 2.24) is 15.3 Å². The van der Waals surface area contributed by atoms with Gasteiger partial charge in [-0.05, 0) is 33.7 Å². The number of hydrogen-bond acceptors (Lipinski definition) is 4. The minimum Gasteiger partial charge on any atom is -0.381 e. The zero-order valence-electron chi connectivity index (χ0n) is 10.9. The summed E-state index contributed by atoms with van der Waals surface area (Å²) in [6.07, 6.45) is 4.20. The molecule has 2 unspecified atom stereocenters. The Bertz CT molecular complexity index is 375. The van der Waals surface area contributed by atoms with E-state index < -0.39 is 0 Å². The largest absolute Gasteiger partial charge is 0.381 e. The van der Waals surface area contributed by atoms with Gasteiger partial charge in [-0.1, -0.05) is 0 Å². The summed E-state index contributed by atoms with van der Waals surface area (Å²) in [6.45, 7) is 5.82. The van der Waals surface area contributed by atoms with E-state index in [0.29, 0.717) is 12.0 Å². The quantitative estimate of drug-likeness (QED) is 0.870. The summed E-state index contributed by atoms with van der Waals surface area (Å²) in [5.74, 6) is 1.32. The lowest BCUT2D eigenvalue weighted by atomic mass is 10.0. The van der Waals surface area contributed by atoms with Crippen molar-refractivity contribution in [2.75, 3.05) is 20.3 Å². The second-order valence-electron chi connectivity index (χ2n) is 4.69. The Kier molecular flexibility index (Phi) is 4.07. The molecule has 1 aromatic rings. The number of nitrogens with one attached hydrogen (secondary N) is 1. The first-order valence-electron chi connectivity index (χ1n) is 6.30. The van der Waals surface area contributed by atoms with Gasteiger partial charge in [0.15, 0.2) is 0 Å². The number of aromatic nitrogens is 2. The van der Waals surface area contributed by atoms with E-state index in [1.807, 2.05) is 13.2 Å². The normalized spacial score (nSPS) is 22.4. The van der Waals surface area contributed by atoms with E-state index in [1.54, 1.807) is 0 Å². The van der Waals surface area contributed by atoms with Gasteiger partial charge in [0.25, 0.3) is 0 Å². The standard InChI is InChI=1S/C13H21N3O/c1-9(14-3)12-7-15-13(16-10(12)2)11-5-4-6-17-8-11/h7,9,11,14H,4-6,8H2,1-3H3. The van der Waals surface area contributed by atoms with Crippen molar-refractivity contribution >= 4 is 0 Å². The number of rotatable bonds is 3. The molecule has 0 bridgehead atoms. The van der Waals surface area contributed by atoms with E-state index >= 15 is 0 Å². The molecule has 0 aliphatic carbocycles. The van der Waals surface area contributed by atoms with Crippen LogP contribution in [0.5, 0.6) is 0 Å². The molecule has 1 N–H and O–H groups in total. The maximum Gasteiger partial charge on any atom is 0.133 e. The summed E-state index contributed by atoms with van der Waals surface area (Å²) >= 11 is 0. The summed E-state index contributed by atoms with van der Waals surface area (Å²) in [7, 11) is 1.95. The van der Waals surface area contributed by atoms with Crippen molar-refractivity contribution < 1.29 is 4.74 Å². The van der Waals surface area contributed by atoms with Crippen molar-refractivity contribution in [1.29, 1.82) is 0 Å². The van der Waals surface area contributed by atoms with Crippen molar-refractivity contribution in [3.8, 4) is 0 Å². The fraction of sp³-hybridized carbons (Fsp3) is 0.692. The van der Waals surface area contributed by atoms with Gasteiger partial charge in [0.05, 0.1) is 6.61 Å². The second-order valence-corrected chi connectivity index (χ2v) is 4.69. The maximum atomic E-state index is 5.48. The average Bonchev–Trinajstić information content (AvgIpc) is 2.39. The SMILES string of the molecule is CNC(C)c1cnc(C2CCCOC2)nc1C. The number of nitrogens with zero attached hydrogens (tertiary/aromatic N) is 2. The van der Waals surface area contributed by atoms with Gasteiger partial charge >= 0.3 is 0 Å². The lowest BCUT2D eigenvalue weighted by Crippen LogP contribution is -2.20. The molecule has 2 atom stereocenters. The molecule has 4 nitrogen and oxygen atoms in total. The highest BCUT2D eigenvalue weighted by Gasteiger charge is 2.20. The highest BCUT2D eigenvalue weighted by atomic mass is 16.5. The lowest BCUT2D eigenvalue weighted by molar-refractivity contribution is 0.0780. The van der Waals surface area contributed by atoms with Gasteiger partial charge in [-0.3, -0.25) is 0 Å². The zero-order valence-corrected chi connectivity index (χ0v) is 10.9. The van der Waals surface area contributed by atoms with Crippen LogP contribution in [0.25, 0.3) is 0 Å². The summed E-state index contributed by atoms with van der Waals surface area (Å²) in [5.41, 5.74) is 2.25. The Hall–Kier alpha value is -1.00. The minimum absolute atomic E-state index is 0.298. The molecule has 1 aliphatic rings. The number of hydrogen-bond donors (Lipinski definition) is 1. The number of aryl methyl sites for hydroxylation is 1. The first-order chi connectivity index (χ1) is 8.22. The van der Waals surface area contributed by atoms with Crippen LogP contribution in [0.15, 0.2) is 6.20 Å². The molecule has 1 saturated heterocycles. The van der Waals surface area contributed by atoms with E-state index in [9.17, 15) is 0 Å². The Balaban J connectivity index is 2.17. The van der Waals surface area contributed by atoms with Gasteiger partial charge < -0.3 is 10.1 Å². The van der Waals surface area contributed by atoms with Gasteiger partial charge in [-0.2, -0.15) is 0 Å². The highest BCUT2D eigenvalue weighted by Crippen LogP contribution is 2.24. The predicted octanol–water partition coefficient (Wildman–Crippen LogP) is 1.96. The molecule has 0 saturated carbocycles. The molecule has 0 aromatic carbocycles.